The van der Waals surface area contributed by atoms with E-state index in [0.717, 1.165) is 28.1 Å². The number of rotatable bonds is 1. The number of nitrogens with zero attached hydrogens (tertiary/aromatic N) is 1. The smallest absolute Gasteiger partial charge is 0.234 e. The van der Waals surface area contributed by atoms with E-state index in [1.54, 1.807) is 0 Å². The predicted molar refractivity (Wildman–Crippen MR) is 76.1 cm³/mol. The lowest BCUT2D eigenvalue weighted by Crippen LogP contribution is -2.26. The van der Waals surface area contributed by atoms with Crippen molar-refractivity contribution in [3.05, 3.63) is 47.8 Å². The zero-order chi connectivity index (χ0) is 13.6. The molecule has 3 heteroatoms. The van der Waals surface area contributed by atoms with E-state index in [9.17, 15) is 4.79 Å². The van der Waals surface area contributed by atoms with Crippen molar-refractivity contribution in [2.45, 2.75) is 26.2 Å². The molecular weight excluding hydrogens is 236 g/mol. The quantitative estimate of drug-likeness (QED) is 0.846. The van der Waals surface area contributed by atoms with Crippen LogP contribution in [0.25, 0.3) is 11.1 Å². The summed E-state index contributed by atoms with van der Waals surface area (Å²) in [4.78, 5) is 16.2. The van der Waals surface area contributed by atoms with Crippen LogP contribution in [0.2, 0.25) is 0 Å². The summed E-state index contributed by atoms with van der Waals surface area (Å²) >= 11 is 0. The lowest BCUT2D eigenvalue weighted by atomic mass is 9.85. The number of nitrogens with one attached hydrogen (secondary N) is 1. The van der Waals surface area contributed by atoms with Crippen LogP contribution in [0.4, 0.5) is 5.69 Å². The zero-order valence-corrected chi connectivity index (χ0v) is 11.3. The third-order valence-electron chi connectivity index (χ3n) is 3.75. The van der Waals surface area contributed by atoms with Crippen molar-refractivity contribution in [2.75, 3.05) is 5.32 Å². The van der Waals surface area contributed by atoms with E-state index in [2.05, 4.69) is 10.3 Å². The minimum absolute atomic E-state index is 0.0571. The Bertz CT molecular complexity index is 657. The summed E-state index contributed by atoms with van der Waals surface area (Å²) in [6, 6.07) is 10.1. The second kappa shape index (κ2) is 3.92. The number of fused-ring (bicyclic) bond motifs is 1. The number of aryl methyl sites for hydroxylation is 1. The highest BCUT2D eigenvalue weighted by molar-refractivity contribution is 6.06. The molecule has 2 heterocycles. The molecule has 0 saturated heterocycles. The summed E-state index contributed by atoms with van der Waals surface area (Å²) in [5.41, 5.74) is 4.66. The molecule has 0 aliphatic carbocycles. The summed E-state index contributed by atoms with van der Waals surface area (Å²) in [5.74, 6) is 0.0571. The van der Waals surface area contributed by atoms with Crippen LogP contribution in [0.1, 0.15) is 25.1 Å². The molecule has 1 aromatic heterocycles. The fraction of sp³-hybridized carbons (Fsp3) is 0.250. The number of pyridine rings is 1. The van der Waals surface area contributed by atoms with Crippen molar-refractivity contribution in [2.24, 2.45) is 0 Å². The average molecular weight is 252 g/mol. The molecular formula is C16H16N2O. The molecule has 1 N–H and O–H groups in total. The molecule has 1 aliphatic heterocycles. The Balaban J connectivity index is 2.07. The maximum absolute atomic E-state index is 11.9. The fourth-order valence-electron chi connectivity index (χ4n) is 2.41. The van der Waals surface area contributed by atoms with E-state index < -0.39 is 5.41 Å². The molecule has 0 bridgehead atoms. The Labute approximate surface area is 112 Å². The summed E-state index contributed by atoms with van der Waals surface area (Å²) < 4.78 is 0. The topological polar surface area (TPSA) is 42.0 Å². The first-order valence-corrected chi connectivity index (χ1v) is 6.37. The van der Waals surface area contributed by atoms with Crippen LogP contribution in [-0.2, 0) is 10.2 Å². The molecule has 0 unspecified atom stereocenters. The standard InChI is InChI=1S/C16H16N2O/c1-10-4-5-12(9-17-10)11-6-7-13-14(8-11)18-15(19)16(13,2)3/h4-9H,1-3H3,(H,18,19). The molecule has 1 amide bonds. The van der Waals surface area contributed by atoms with Gasteiger partial charge in [-0.1, -0.05) is 18.2 Å². The van der Waals surface area contributed by atoms with E-state index in [1.165, 1.54) is 0 Å². The number of anilines is 1. The lowest BCUT2D eigenvalue weighted by molar-refractivity contribution is -0.119. The average Bonchev–Trinajstić information content (AvgIpc) is 2.61. The molecule has 0 radical (unpaired) electrons. The Morgan fingerprint density at radius 1 is 1.11 bits per heavy atom. The van der Waals surface area contributed by atoms with Crippen LogP contribution >= 0.6 is 0 Å². The lowest BCUT2D eigenvalue weighted by Gasteiger charge is -2.15. The highest BCUT2D eigenvalue weighted by atomic mass is 16.2. The summed E-state index contributed by atoms with van der Waals surface area (Å²) in [7, 11) is 0. The fourth-order valence-corrected chi connectivity index (χ4v) is 2.41. The number of aromatic nitrogens is 1. The van der Waals surface area contributed by atoms with Gasteiger partial charge in [0.05, 0.1) is 5.41 Å². The van der Waals surface area contributed by atoms with E-state index in [1.807, 2.05) is 57.3 Å². The second-order valence-electron chi connectivity index (χ2n) is 5.53. The van der Waals surface area contributed by atoms with Crippen molar-refractivity contribution in [1.29, 1.82) is 0 Å². The van der Waals surface area contributed by atoms with Gasteiger partial charge in [-0.3, -0.25) is 9.78 Å². The highest BCUT2D eigenvalue weighted by Crippen LogP contribution is 2.39. The first kappa shape index (κ1) is 11.9. The van der Waals surface area contributed by atoms with Gasteiger partial charge in [0.15, 0.2) is 0 Å². The summed E-state index contributed by atoms with van der Waals surface area (Å²) in [6.07, 6.45) is 1.86. The summed E-state index contributed by atoms with van der Waals surface area (Å²) in [5, 5.41) is 2.95. The van der Waals surface area contributed by atoms with Crippen LogP contribution in [0.3, 0.4) is 0 Å². The van der Waals surface area contributed by atoms with Crippen molar-refractivity contribution < 1.29 is 4.79 Å². The van der Waals surface area contributed by atoms with Gasteiger partial charge in [0.25, 0.3) is 0 Å². The number of hydrogen-bond acceptors (Lipinski definition) is 2. The van der Waals surface area contributed by atoms with E-state index in [-0.39, 0.29) is 5.91 Å². The molecule has 1 aliphatic rings. The minimum Gasteiger partial charge on any atom is -0.325 e. The Kier molecular flexibility index (Phi) is 2.45. The Hall–Kier alpha value is -2.16. The number of carbonyl (C=O) groups excluding carboxylic acids is 1. The molecule has 0 saturated carbocycles. The SMILES string of the molecule is Cc1ccc(-c2ccc3c(c2)NC(=O)C3(C)C)cn1. The van der Waals surface area contributed by atoms with Gasteiger partial charge in [-0.25, -0.2) is 0 Å². The van der Waals surface area contributed by atoms with Crippen molar-refractivity contribution in [1.82, 2.24) is 4.98 Å². The van der Waals surface area contributed by atoms with Gasteiger partial charge in [-0.15, -0.1) is 0 Å². The zero-order valence-electron chi connectivity index (χ0n) is 11.3. The molecule has 2 aromatic rings. The molecule has 0 spiro atoms. The monoisotopic (exact) mass is 252 g/mol. The third-order valence-corrected chi connectivity index (χ3v) is 3.75. The van der Waals surface area contributed by atoms with Gasteiger partial charge < -0.3 is 5.32 Å². The third kappa shape index (κ3) is 1.82. The molecule has 0 atom stereocenters. The largest absolute Gasteiger partial charge is 0.325 e. The van der Waals surface area contributed by atoms with Gasteiger partial charge in [-0.2, -0.15) is 0 Å². The van der Waals surface area contributed by atoms with Crippen LogP contribution in [-0.4, -0.2) is 10.9 Å². The first-order valence-electron chi connectivity index (χ1n) is 6.37. The van der Waals surface area contributed by atoms with E-state index >= 15 is 0 Å². The molecule has 0 fully saturated rings. The highest BCUT2D eigenvalue weighted by Gasteiger charge is 2.38. The summed E-state index contributed by atoms with van der Waals surface area (Å²) in [6.45, 7) is 5.86. The van der Waals surface area contributed by atoms with Gasteiger partial charge in [0.2, 0.25) is 5.91 Å². The molecule has 1 aromatic carbocycles. The van der Waals surface area contributed by atoms with Crippen LogP contribution in [0.5, 0.6) is 0 Å². The normalized spacial score (nSPS) is 16.1. The van der Waals surface area contributed by atoms with Crippen LogP contribution in [0, 0.1) is 6.92 Å². The van der Waals surface area contributed by atoms with Gasteiger partial charge in [0, 0.05) is 23.1 Å². The number of amides is 1. The maximum Gasteiger partial charge on any atom is 0.234 e. The second-order valence-corrected chi connectivity index (χ2v) is 5.53. The van der Waals surface area contributed by atoms with Gasteiger partial charge in [-0.05, 0) is 44.0 Å². The van der Waals surface area contributed by atoms with E-state index in [0.29, 0.717) is 0 Å². The van der Waals surface area contributed by atoms with E-state index in [4.69, 9.17) is 0 Å². The number of hydrogen-bond donors (Lipinski definition) is 1. The van der Waals surface area contributed by atoms with Gasteiger partial charge in [0.1, 0.15) is 0 Å². The first-order chi connectivity index (χ1) is 8.98. The number of carbonyl (C=O) groups is 1. The van der Waals surface area contributed by atoms with Crippen molar-refractivity contribution >= 4 is 11.6 Å². The molecule has 3 rings (SSSR count). The number of benzene rings is 1. The van der Waals surface area contributed by atoms with Crippen molar-refractivity contribution in [3.8, 4) is 11.1 Å². The van der Waals surface area contributed by atoms with Gasteiger partial charge >= 0.3 is 0 Å². The Morgan fingerprint density at radius 3 is 2.53 bits per heavy atom. The molecule has 19 heavy (non-hydrogen) atoms. The van der Waals surface area contributed by atoms with Crippen molar-refractivity contribution in [3.63, 3.8) is 0 Å². The minimum atomic E-state index is -0.445. The maximum atomic E-state index is 11.9. The van der Waals surface area contributed by atoms with Crippen LogP contribution in [0.15, 0.2) is 36.5 Å². The molecule has 3 nitrogen and oxygen atoms in total. The molecule has 96 valence electrons. The predicted octanol–water partition coefficient (Wildman–Crippen LogP) is 3.29. The Morgan fingerprint density at radius 2 is 1.84 bits per heavy atom. The van der Waals surface area contributed by atoms with Crippen LogP contribution < -0.4 is 5.32 Å².